The van der Waals surface area contributed by atoms with E-state index in [1.54, 1.807) is 0 Å². The number of nitrogens with zero attached hydrogens (tertiary/aromatic N) is 1. The third-order valence-electron chi connectivity index (χ3n) is 1.74. The molecular weight excluding hydrogens is 140 g/mol. The highest BCUT2D eigenvalue weighted by molar-refractivity contribution is 4.61. The average molecular weight is 160 g/mol. The third kappa shape index (κ3) is 5.15. The van der Waals surface area contributed by atoms with Crippen LogP contribution in [-0.2, 0) is 0 Å². The summed E-state index contributed by atoms with van der Waals surface area (Å²) in [5, 5.41) is 0. The van der Waals surface area contributed by atoms with Gasteiger partial charge in [0.15, 0.2) is 0 Å². The largest absolute Gasteiger partial charge is 0.330 e. The van der Waals surface area contributed by atoms with E-state index in [4.69, 9.17) is 17.2 Å². The van der Waals surface area contributed by atoms with Crippen LogP contribution in [0.1, 0.15) is 12.8 Å². The molecule has 0 fully saturated rings. The van der Waals surface area contributed by atoms with Gasteiger partial charge in [-0.3, -0.25) is 4.90 Å². The normalized spacial score (nSPS) is 13.9. The molecule has 0 radical (unpaired) electrons. The van der Waals surface area contributed by atoms with Gasteiger partial charge in [0.1, 0.15) is 0 Å². The molecular formula is C7H20N4. The van der Waals surface area contributed by atoms with Crippen molar-refractivity contribution in [3.8, 4) is 0 Å². The van der Waals surface area contributed by atoms with Crippen LogP contribution in [0.4, 0.5) is 0 Å². The topological polar surface area (TPSA) is 81.3 Å². The SMILES string of the molecule is CN(CCCN)C(N)CCN. The van der Waals surface area contributed by atoms with Crippen molar-refractivity contribution in [1.82, 2.24) is 4.90 Å². The molecule has 0 spiro atoms. The molecule has 0 aliphatic carbocycles. The van der Waals surface area contributed by atoms with E-state index in [1.165, 1.54) is 0 Å². The molecule has 0 rings (SSSR count). The summed E-state index contributed by atoms with van der Waals surface area (Å²) in [4.78, 5) is 2.08. The minimum Gasteiger partial charge on any atom is -0.330 e. The summed E-state index contributed by atoms with van der Waals surface area (Å²) in [6.07, 6.45) is 1.93. The van der Waals surface area contributed by atoms with Crippen LogP contribution >= 0.6 is 0 Å². The molecule has 4 heteroatoms. The van der Waals surface area contributed by atoms with Crippen LogP contribution in [0.2, 0.25) is 0 Å². The molecule has 0 aromatic heterocycles. The summed E-state index contributed by atoms with van der Waals surface area (Å²) in [5.74, 6) is 0. The van der Waals surface area contributed by atoms with Gasteiger partial charge < -0.3 is 17.2 Å². The molecule has 0 aliphatic heterocycles. The van der Waals surface area contributed by atoms with Gasteiger partial charge in [0.25, 0.3) is 0 Å². The minimum absolute atomic E-state index is 0.0894. The van der Waals surface area contributed by atoms with Crippen molar-refractivity contribution >= 4 is 0 Å². The highest BCUT2D eigenvalue weighted by Gasteiger charge is 2.06. The Morgan fingerprint density at radius 1 is 1.27 bits per heavy atom. The summed E-state index contributed by atoms with van der Waals surface area (Å²) < 4.78 is 0. The zero-order valence-electron chi connectivity index (χ0n) is 7.29. The highest BCUT2D eigenvalue weighted by atomic mass is 15.2. The quantitative estimate of drug-likeness (QED) is 0.431. The lowest BCUT2D eigenvalue weighted by molar-refractivity contribution is 0.236. The van der Waals surface area contributed by atoms with E-state index >= 15 is 0 Å². The first kappa shape index (κ1) is 10.8. The van der Waals surface area contributed by atoms with Crippen LogP contribution in [0.15, 0.2) is 0 Å². The van der Waals surface area contributed by atoms with Gasteiger partial charge in [-0.2, -0.15) is 0 Å². The zero-order valence-corrected chi connectivity index (χ0v) is 7.29. The molecule has 0 bridgehead atoms. The van der Waals surface area contributed by atoms with Crippen LogP contribution < -0.4 is 17.2 Å². The molecule has 68 valence electrons. The molecule has 0 heterocycles. The molecule has 0 saturated heterocycles. The molecule has 0 aliphatic rings. The first-order chi connectivity index (χ1) is 5.22. The summed E-state index contributed by atoms with van der Waals surface area (Å²) in [6.45, 7) is 2.32. The molecule has 0 amide bonds. The number of nitrogens with two attached hydrogens (primary N) is 3. The maximum absolute atomic E-state index is 5.77. The average Bonchev–Trinajstić information content (AvgIpc) is 2.00. The number of hydrogen-bond acceptors (Lipinski definition) is 4. The molecule has 0 saturated carbocycles. The van der Waals surface area contributed by atoms with E-state index in [0.29, 0.717) is 6.54 Å². The van der Waals surface area contributed by atoms with Crippen LogP contribution in [0.25, 0.3) is 0 Å². The predicted molar refractivity (Wildman–Crippen MR) is 47.9 cm³/mol. The maximum Gasteiger partial charge on any atom is 0.0581 e. The van der Waals surface area contributed by atoms with Crippen LogP contribution in [-0.4, -0.2) is 37.7 Å². The van der Waals surface area contributed by atoms with E-state index in [2.05, 4.69) is 4.90 Å². The second kappa shape index (κ2) is 6.54. The molecule has 1 unspecified atom stereocenters. The summed E-state index contributed by atoms with van der Waals surface area (Å²) in [5.41, 5.74) is 16.5. The summed E-state index contributed by atoms with van der Waals surface area (Å²) >= 11 is 0. The van der Waals surface area contributed by atoms with E-state index in [-0.39, 0.29) is 6.17 Å². The van der Waals surface area contributed by atoms with E-state index in [9.17, 15) is 0 Å². The fraction of sp³-hybridized carbons (Fsp3) is 1.00. The lowest BCUT2D eigenvalue weighted by Gasteiger charge is -2.23. The lowest BCUT2D eigenvalue weighted by Crippen LogP contribution is -2.41. The third-order valence-corrected chi connectivity index (χ3v) is 1.74. The highest BCUT2D eigenvalue weighted by Crippen LogP contribution is 1.93. The van der Waals surface area contributed by atoms with Crippen molar-refractivity contribution in [2.45, 2.75) is 19.0 Å². The van der Waals surface area contributed by atoms with Gasteiger partial charge in [0.05, 0.1) is 6.17 Å². The fourth-order valence-corrected chi connectivity index (χ4v) is 0.898. The summed E-state index contributed by atoms with van der Waals surface area (Å²) in [6, 6.07) is 0. The lowest BCUT2D eigenvalue weighted by atomic mass is 10.3. The van der Waals surface area contributed by atoms with Crippen molar-refractivity contribution in [1.29, 1.82) is 0 Å². The van der Waals surface area contributed by atoms with Gasteiger partial charge in [-0.05, 0) is 33.0 Å². The Kier molecular flexibility index (Phi) is 6.45. The van der Waals surface area contributed by atoms with Crippen molar-refractivity contribution in [3.05, 3.63) is 0 Å². The van der Waals surface area contributed by atoms with E-state index < -0.39 is 0 Å². The van der Waals surface area contributed by atoms with Gasteiger partial charge >= 0.3 is 0 Å². The van der Waals surface area contributed by atoms with Gasteiger partial charge in [-0.25, -0.2) is 0 Å². The smallest absolute Gasteiger partial charge is 0.0581 e. The summed E-state index contributed by atoms with van der Waals surface area (Å²) in [7, 11) is 2.00. The Balaban J connectivity index is 3.38. The Morgan fingerprint density at radius 3 is 2.36 bits per heavy atom. The predicted octanol–water partition coefficient (Wildman–Crippen LogP) is -1.10. The first-order valence-electron chi connectivity index (χ1n) is 4.08. The standard InChI is InChI=1S/C7H20N4/c1-11(6-2-4-8)7(10)3-5-9/h7H,2-6,8-10H2,1H3. The second-order valence-corrected chi connectivity index (χ2v) is 2.77. The molecule has 0 aromatic carbocycles. The second-order valence-electron chi connectivity index (χ2n) is 2.77. The van der Waals surface area contributed by atoms with Crippen LogP contribution in [0.3, 0.4) is 0 Å². The van der Waals surface area contributed by atoms with Crippen LogP contribution in [0.5, 0.6) is 0 Å². The van der Waals surface area contributed by atoms with E-state index in [1.807, 2.05) is 7.05 Å². The van der Waals surface area contributed by atoms with Crippen molar-refractivity contribution in [2.75, 3.05) is 26.7 Å². The number of rotatable bonds is 6. The Labute approximate surface area is 68.7 Å². The fourth-order valence-electron chi connectivity index (χ4n) is 0.898. The first-order valence-corrected chi connectivity index (χ1v) is 4.08. The maximum atomic E-state index is 5.77. The minimum atomic E-state index is 0.0894. The molecule has 4 nitrogen and oxygen atoms in total. The number of hydrogen-bond donors (Lipinski definition) is 3. The molecule has 11 heavy (non-hydrogen) atoms. The van der Waals surface area contributed by atoms with Crippen molar-refractivity contribution < 1.29 is 0 Å². The Morgan fingerprint density at radius 2 is 1.91 bits per heavy atom. The van der Waals surface area contributed by atoms with Gasteiger partial charge in [-0.1, -0.05) is 0 Å². The van der Waals surface area contributed by atoms with Crippen LogP contribution in [0, 0.1) is 0 Å². The Hall–Kier alpha value is -0.160. The van der Waals surface area contributed by atoms with Gasteiger partial charge in [0.2, 0.25) is 0 Å². The monoisotopic (exact) mass is 160 g/mol. The zero-order chi connectivity index (χ0) is 8.69. The van der Waals surface area contributed by atoms with Gasteiger partial charge in [-0.15, -0.1) is 0 Å². The van der Waals surface area contributed by atoms with E-state index in [0.717, 1.165) is 25.9 Å². The van der Waals surface area contributed by atoms with Gasteiger partial charge in [0, 0.05) is 6.54 Å². The molecule has 0 aromatic rings. The Bertz CT molecular complexity index is 86.5. The molecule has 6 N–H and O–H groups in total. The van der Waals surface area contributed by atoms with Crippen molar-refractivity contribution in [2.24, 2.45) is 17.2 Å². The molecule has 1 atom stereocenters. The van der Waals surface area contributed by atoms with Crippen molar-refractivity contribution in [3.63, 3.8) is 0 Å².